The Bertz CT molecular complexity index is 578. The third kappa shape index (κ3) is 2.09. The first kappa shape index (κ1) is 12.6. The Hall–Kier alpha value is -1.88. The van der Waals surface area contributed by atoms with Crippen LogP contribution in [0.2, 0.25) is 5.15 Å². The third-order valence-corrected chi connectivity index (χ3v) is 2.67. The Labute approximate surface area is 108 Å². The fraction of sp³-hybridized carbons (Fsp3) is 0.167. The summed E-state index contributed by atoms with van der Waals surface area (Å²) < 4.78 is 24.1. The van der Waals surface area contributed by atoms with Crippen molar-refractivity contribution in [3.63, 3.8) is 0 Å². The highest BCUT2D eigenvalue weighted by Gasteiger charge is 2.18. The van der Waals surface area contributed by atoms with Gasteiger partial charge in [-0.25, -0.2) is 14.4 Å². The molecular weight excluding hydrogens is 259 g/mol. The van der Waals surface area contributed by atoms with Crippen LogP contribution in [0.15, 0.2) is 24.5 Å². The van der Waals surface area contributed by atoms with Crippen molar-refractivity contribution in [3.05, 3.63) is 35.5 Å². The minimum absolute atomic E-state index is 0.129. The van der Waals surface area contributed by atoms with E-state index in [1.54, 1.807) is 12.1 Å². The summed E-state index contributed by atoms with van der Waals surface area (Å²) in [7, 11) is 2.82. The molecule has 0 N–H and O–H groups in total. The number of rotatable bonds is 3. The fourth-order valence-corrected chi connectivity index (χ4v) is 1.79. The lowest BCUT2D eigenvalue weighted by molar-refractivity contribution is 0.386. The molecule has 1 aromatic carbocycles. The number of halogens is 2. The summed E-state index contributed by atoms with van der Waals surface area (Å²) in [6, 6.07) is 4.75. The Morgan fingerprint density at radius 1 is 1.17 bits per heavy atom. The van der Waals surface area contributed by atoms with Crippen molar-refractivity contribution in [3.8, 4) is 22.8 Å². The van der Waals surface area contributed by atoms with E-state index in [2.05, 4.69) is 9.97 Å². The number of ether oxygens (including phenoxy) is 2. The lowest BCUT2D eigenvalue weighted by atomic mass is 10.1. The standard InChI is InChI=1S/C12H10ClFN2O2/c1-17-8-5-3-4-7(9(8)14)10-11(18-2)12(13)16-6-15-10/h3-6H,1-2H3. The van der Waals surface area contributed by atoms with Gasteiger partial charge in [-0.15, -0.1) is 0 Å². The van der Waals surface area contributed by atoms with Crippen molar-refractivity contribution in [2.24, 2.45) is 0 Å². The number of hydrogen-bond acceptors (Lipinski definition) is 4. The molecule has 94 valence electrons. The second kappa shape index (κ2) is 5.18. The summed E-state index contributed by atoms with van der Waals surface area (Å²) in [5, 5.41) is 0.129. The van der Waals surface area contributed by atoms with E-state index in [0.29, 0.717) is 0 Å². The van der Waals surface area contributed by atoms with Crippen molar-refractivity contribution in [2.75, 3.05) is 14.2 Å². The molecule has 1 aromatic heterocycles. The van der Waals surface area contributed by atoms with Crippen LogP contribution in [-0.2, 0) is 0 Å². The number of methoxy groups -OCH3 is 2. The number of hydrogen-bond donors (Lipinski definition) is 0. The van der Waals surface area contributed by atoms with Crippen LogP contribution in [0.25, 0.3) is 11.3 Å². The predicted molar refractivity (Wildman–Crippen MR) is 65.5 cm³/mol. The highest BCUT2D eigenvalue weighted by atomic mass is 35.5. The van der Waals surface area contributed by atoms with E-state index in [-0.39, 0.29) is 27.9 Å². The molecular formula is C12H10ClFN2O2. The SMILES string of the molecule is COc1cccc(-c2ncnc(Cl)c2OC)c1F. The average Bonchev–Trinajstić information content (AvgIpc) is 2.39. The molecule has 0 spiro atoms. The van der Waals surface area contributed by atoms with Crippen LogP contribution in [0.5, 0.6) is 11.5 Å². The van der Waals surface area contributed by atoms with Crippen molar-refractivity contribution >= 4 is 11.6 Å². The lowest BCUT2D eigenvalue weighted by Crippen LogP contribution is -1.97. The number of benzene rings is 1. The van der Waals surface area contributed by atoms with Crippen LogP contribution < -0.4 is 9.47 Å². The van der Waals surface area contributed by atoms with Crippen LogP contribution in [0.3, 0.4) is 0 Å². The molecule has 4 nitrogen and oxygen atoms in total. The molecule has 0 unspecified atom stereocenters. The molecule has 0 bridgehead atoms. The van der Waals surface area contributed by atoms with Gasteiger partial charge < -0.3 is 9.47 Å². The van der Waals surface area contributed by atoms with E-state index in [1.807, 2.05) is 0 Å². The minimum atomic E-state index is -0.520. The zero-order valence-electron chi connectivity index (χ0n) is 9.78. The molecule has 0 fully saturated rings. The van der Waals surface area contributed by atoms with Crippen LogP contribution in [-0.4, -0.2) is 24.2 Å². The molecule has 0 aliphatic heterocycles. The van der Waals surface area contributed by atoms with Crippen LogP contribution in [0, 0.1) is 5.82 Å². The highest BCUT2D eigenvalue weighted by Crippen LogP contribution is 2.36. The van der Waals surface area contributed by atoms with Gasteiger partial charge in [-0.1, -0.05) is 17.7 Å². The molecule has 2 aromatic rings. The maximum absolute atomic E-state index is 14.1. The normalized spacial score (nSPS) is 10.2. The quantitative estimate of drug-likeness (QED) is 0.803. The topological polar surface area (TPSA) is 44.2 Å². The third-order valence-electron chi connectivity index (χ3n) is 2.40. The van der Waals surface area contributed by atoms with Crippen LogP contribution >= 0.6 is 11.6 Å². The summed E-state index contributed by atoms with van der Waals surface area (Å²) in [4.78, 5) is 7.78. The van der Waals surface area contributed by atoms with Crippen molar-refractivity contribution < 1.29 is 13.9 Å². The summed E-state index contributed by atoms with van der Waals surface area (Å²) in [5.41, 5.74) is 0.532. The van der Waals surface area contributed by atoms with Gasteiger partial charge in [-0.3, -0.25) is 0 Å². The minimum Gasteiger partial charge on any atom is -0.494 e. The summed E-state index contributed by atoms with van der Waals surface area (Å²) in [6.45, 7) is 0. The van der Waals surface area contributed by atoms with Gasteiger partial charge in [0.05, 0.1) is 14.2 Å². The molecule has 0 saturated carbocycles. The van der Waals surface area contributed by atoms with Gasteiger partial charge in [-0.2, -0.15) is 0 Å². The molecule has 0 aliphatic rings. The van der Waals surface area contributed by atoms with E-state index < -0.39 is 5.82 Å². The Kier molecular flexibility index (Phi) is 3.62. The first-order valence-electron chi connectivity index (χ1n) is 5.06. The smallest absolute Gasteiger partial charge is 0.182 e. The predicted octanol–water partition coefficient (Wildman–Crippen LogP) is 2.95. The molecule has 0 radical (unpaired) electrons. The summed E-state index contributed by atoms with van der Waals surface area (Å²) in [6.07, 6.45) is 1.25. The van der Waals surface area contributed by atoms with Crippen molar-refractivity contribution in [1.82, 2.24) is 9.97 Å². The molecule has 18 heavy (non-hydrogen) atoms. The van der Waals surface area contributed by atoms with E-state index in [4.69, 9.17) is 21.1 Å². The number of nitrogens with zero attached hydrogens (tertiary/aromatic N) is 2. The second-order valence-electron chi connectivity index (χ2n) is 3.37. The first-order valence-corrected chi connectivity index (χ1v) is 5.44. The van der Waals surface area contributed by atoms with Gasteiger partial charge >= 0.3 is 0 Å². The molecule has 0 atom stereocenters. The van der Waals surface area contributed by atoms with E-state index >= 15 is 0 Å². The molecule has 0 aliphatic carbocycles. The zero-order valence-corrected chi connectivity index (χ0v) is 10.5. The maximum Gasteiger partial charge on any atom is 0.182 e. The van der Waals surface area contributed by atoms with E-state index in [0.717, 1.165) is 0 Å². The van der Waals surface area contributed by atoms with Gasteiger partial charge in [0.15, 0.2) is 22.5 Å². The van der Waals surface area contributed by atoms with E-state index in [1.165, 1.54) is 26.6 Å². The van der Waals surface area contributed by atoms with Crippen molar-refractivity contribution in [1.29, 1.82) is 0 Å². The zero-order chi connectivity index (χ0) is 13.1. The van der Waals surface area contributed by atoms with Gasteiger partial charge in [0.25, 0.3) is 0 Å². The molecule has 6 heteroatoms. The molecule has 0 amide bonds. The Balaban J connectivity index is 2.66. The van der Waals surface area contributed by atoms with Crippen LogP contribution in [0.1, 0.15) is 0 Å². The summed E-state index contributed by atoms with van der Waals surface area (Å²) >= 11 is 5.88. The Morgan fingerprint density at radius 2 is 1.94 bits per heavy atom. The highest BCUT2D eigenvalue weighted by molar-refractivity contribution is 6.31. The second-order valence-corrected chi connectivity index (χ2v) is 3.73. The fourth-order valence-electron chi connectivity index (χ4n) is 1.58. The molecule has 2 rings (SSSR count). The van der Waals surface area contributed by atoms with Gasteiger partial charge in [-0.05, 0) is 12.1 Å². The first-order chi connectivity index (χ1) is 8.69. The Morgan fingerprint density at radius 3 is 2.61 bits per heavy atom. The molecule has 1 heterocycles. The van der Waals surface area contributed by atoms with Gasteiger partial charge in [0.1, 0.15) is 12.0 Å². The van der Waals surface area contributed by atoms with Gasteiger partial charge in [0, 0.05) is 5.56 Å². The maximum atomic E-state index is 14.1. The number of aromatic nitrogens is 2. The molecule has 0 saturated heterocycles. The van der Waals surface area contributed by atoms with E-state index in [9.17, 15) is 4.39 Å². The lowest BCUT2D eigenvalue weighted by Gasteiger charge is -2.10. The van der Waals surface area contributed by atoms with Gasteiger partial charge in [0.2, 0.25) is 0 Å². The summed E-state index contributed by atoms with van der Waals surface area (Å²) in [5.74, 6) is -0.163. The van der Waals surface area contributed by atoms with Crippen LogP contribution in [0.4, 0.5) is 4.39 Å². The van der Waals surface area contributed by atoms with Crippen molar-refractivity contribution in [2.45, 2.75) is 0 Å². The monoisotopic (exact) mass is 268 g/mol. The average molecular weight is 269 g/mol. The largest absolute Gasteiger partial charge is 0.494 e.